The molecule has 0 spiro atoms. The minimum absolute atomic E-state index is 0.318. The number of unbranched alkanes of at least 4 members (excludes halogenated alkanes) is 6. The molecule has 3 aromatic heterocycles. The van der Waals surface area contributed by atoms with Crippen LogP contribution in [0.25, 0.3) is 76.0 Å². The Hall–Kier alpha value is -5.08. The zero-order chi connectivity index (χ0) is 42.1. The summed E-state index contributed by atoms with van der Waals surface area (Å²) in [5, 5.41) is 3.31. The summed E-state index contributed by atoms with van der Waals surface area (Å²) in [5.74, 6) is -0.636. The van der Waals surface area contributed by atoms with Crippen LogP contribution in [0.4, 0.5) is 8.78 Å². The summed E-state index contributed by atoms with van der Waals surface area (Å²) in [5.41, 5.74) is 11.9. The molecule has 2 nitrogen and oxygen atoms in total. The van der Waals surface area contributed by atoms with Gasteiger partial charge in [-0.3, -0.25) is 0 Å². The van der Waals surface area contributed by atoms with Crippen LogP contribution < -0.4 is 10.4 Å². The van der Waals surface area contributed by atoms with Crippen molar-refractivity contribution >= 4 is 52.2 Å². The lowest BCUT2D eigenvalue weighted by Gasteiger charge is -2.31. The van der Waals surface area contributed by atoms with Crippen molar-refractivity contribution in [2.75, 3.05) is 0 Å². The number of benzene rings is 5. The van der Waals surface area contributed by atoms with E-state index < -0.39 is 8.07 Å². The summed E-state index contributed by atoms with van der Waals surface area (Å²) < 4.78 is 28.5. The molecular weight excluding hydrogens is 807 g/mol. The van der Waals surface area contributed by atoms with Crippen molar-refractivity contribution < 1.29 is 8.78 Å². The van der Waals surface area contributed by atoms with E-state index in [-0.39, 0.29) is 11.6 Å². The summed E-state index contributed by atoms with van der Waals surface area (Å²) >= 11 is 3.54. The standard InChI is InChI=1S/C54H52F2N2S2Si/c1-5-7-9-11-31-61(32-12-10-8-6-2)49-33-35(3)13-24-42(49)43-25-19-39(34-50(43)61)46-29-30-48(60-46)45-27-26-44(47-28-14-36(4)59-47)53-54(45)58-52(38-17-22-41(56)23-18-38)51(57-53)37-15-20-40(55)21-16-37/h13-30,33-34H,5-12,31-32H2,1-4H3. The maximum absolute atomic E-state index is 14.3. The van der Waals surface area contributed by atoms with Gasteiger partial charge < -0.3 is 0 Å². The van der Waals surface area contributed by atoms with E-state index in [0.29, 0.717) is 11.4 Å². The van der Waals surface area contributed by atoms with Crippen molar-refractivity contribution in [3.8, 4) is 65.0 Å². The van der Waals surface area contributed by atoms with E-state index in [9.17, 15) is 8.78 Å². The van der Waals surface area contributed by atoms with E-state index in [1.807, 2.05) is 0 Å². The summed E-state index contributed by atoms with van der Waals surface area (Å²) in [6.45, 7) is 9.01. The number of halogens is 2. The smallest absolute Gasteiger partial charge is 0.123 e. The summed E-state index contributed by atoms with van der Waals surface area (Å²) in [6.07, 6.45) is 10.3. The Labute approximate surface area is 368 Å². The number of hydrogen-bond acceptors (Lipinski definition) is 4. The molecule has 0 N–H and O–H groups in total. The third-order valence-corrected chi connectivity index (χ3v) is 20.2. The molecule has 9 rings (SSSR count). The van der Waals surface area contributed by atoms with Gasteiger partial charge >= 0.3 is 0 Å². The van der Waals surface area contributed by atoms with Crippen LogP contribution in [0.1, 0.15) is 75.7 Å². The van der Waals surface area contributed by atoms with Gasteiger partial charge in [0, 0.05) is 41.8 Å². The minimum Gasteiger partial charge on any atom is -0.243 e. The molecule has 0 bridgehead atoms. The fraction of sp³-hybridized carbons (Fsp3) is 0.259. The zero-order valence-corrected chi connectivity index (χ0v) is 38.2. The molecule has 61 heavy (non-hydrogen) atoms. The average Bonchev–Trinajstić information content (AvgIpc) is 4.01. The molecule has 4 heterocycles. The molecule has 0 saturated heterocycles. The van der Waals surface area contributed by atoms with E-state index in [1.165, 1.54) is 120 Å². The first-order chi connectivity index (χ1) is 29.8. The fourth-order valence-corrected chi connectivity index (χ4v) is 17.2. The van der Waals surface area contributed by atoms with Gasteiger partial charge in [-0.2, -0.15) is 0 Å². The monoisotopic (exact) mass is 858 g/mol. The van der Waals surface area contributed by atoms with Gasteiger partial charge in [0.15, 0.2) is 0 Å². The Morgan fingerprint density at radius 1 is 0.459 bits per heavy atom. The number of rotatable bonds is 15. The Balaban J connectivity index is 1.19. The molecule has 0 aliphatic carbocycles. The first-order valence-electron chi connectivity index (χ1n) is 22.1. The molecule has 0 amide bonds. The summed E-state index contributed by atoms with van der Waals surface area (Å²) in [4.78, 5) is 15.5. The number of hydrogen-bond donors (Lipinski definition) is 0. The quantitative estimate of drug-likeness (QED) is 0.0758. The van der Waals surface area contributed by atoms with Gasteiger partial charge in [0.2, 0.25) is 0 Å². The highest BCUT2D eigenvalue weighted by molar-refractivity contribution is 7.19. The third-order valence-electron chi connectivity index (χ3n) is 12.7. The van der Waals surface area contributed by atoms with E-state index in [2.05, 4.69) is 100 Å². The van der Waals surface area contributed by atoms with Gasteiger partial charge in [0.1, 0.15) is 19.7 Å². The Morgan fingerprint density at radius 3 is 1.48 bits per heavy atom. The highest BCUT2D eigenvalue weighted by Crippen LogP contribution is 2.44. The van der Waals surface area contributed by atoms with Crippen LogP contribution in [0.3, 0.4) is 0 Å². The molecule has 8 aromatic rings. The van der Waals surface area contributed by atoms with Gasteiger partial charge in [0.25, 0.3) is 0 Å². The van der Waals surface area contributed by atoms with Crippen LogP contribution in [0.2, 0.25) is 12.1 Å². The predicted molar refractivity (Wildman–Crippen MR) is 260 cm³/mol. The molecule has 0 unspecified atom stereocenters. The lowest BCUT2D eigenvalue weighted by molar-refractivity contribution is 0.627. The van der Waals surface area contributed by atoms with Gasteiger partial charge in [-0.05, 0) is 126 Å². The van der Waals surface area contributed by atoms with E-state index in [0.717, 1.165) is 43.0 Å². The molecule has 0 saturated carbocycles. The van der Waals surface area contributed by atoms with Crippen molar-refractivity contribution in [2.45, 2.75) is 91.1 Å². The first kappa shape index (κ1) is 41.3. The number of nitrogens with zero attached hydrogens (tertiary/aromatic N) is 2. The van der Waals surface area contributed by atoms with Crippen LogP contribution in [0.15, 0.2) is 121 Å². The Morgan fingerprint density at radius 2 is 0.934 bits per heavy atom. The second-order valence-corrected chi connectivity index (χ2v) is 23.5. The largest absolute Gasteiger partial charge is 0.243 e. The number of fused-ring (bicyclic) bond motifs is 4. The molecule has 1 aliphatic rings. The second-order valence-electron chi connectivity index (χ2n) is 16.9. The number of aromatic nitrogens is 2. The molecule has 0 fully saturated rings. The fourth-order valence-electron chi connectivity index (χ4n) is 9.50. The third kappa shape index (κ3) is 8.08. The average molecular weight is 859 g/mol. The number of thiophene rings is 2. The Kier molecular flexibility index (Phi) is 12.0. The molecule has 1 aliphatic heterocycles. The van der Waals surface area contributed by atoms with Crippen molar-refractivity contribution in [2.24, 2.45) is 0 Å². The van der Waals surface area contributed by atoms with Crippen LogP contribution >= 0.6 is 22.7 Å². The topological polar surface area (TPSA) is 25.8 Å². The predicted octanol–water partition coefficient (Wildman–Crippen LogP) is 15.7. The highest BCUT2D eigenvalue weighted by Gasteiger charge is 2.44. The van der Waals surface area contributed by atoms with Crippen LogP contribution in [0.5, 0.6) is 0 Å². The van der Waals surface area contributed by atoms with Crippen molar-refractivity contribution in [3.05, 3.63) is 143 Å². The molecule has 0 atom stereocenters. The van der Waals surface area contributed by atoms with Crippen LogP contribution in [-0.4, -0.2) is 18.0 Å². The maximum atomic E-state index is 14.3. The normalized spacial score (nSPS) is 12.9. The highest BCUT2D eigenvalue weighted by atomic mass is 32.1. The van der Waals surface area contributed by atoms with Crippen LogP contribution in [-0.2, 0) is 0 Å². The first-order valence-corrected chi connectivity index (χ1v) is 26.1. The summed E-state index contributed by atoms with van der Waals surface area (Å²) in [7, 11) is -2.04. The Bertz CT molecular complexity index is 2830. The van der Waals surface area contributed by atoms with Gasteiger partial charge in [-0.25, -0.2) is 18.7 Å². The van der Waals surface area contributed by atoms with Gasteiger partial charge in [-0.15, -0.1) is 22.7 Å². The molecule has 7 heteroatoms. The van der Waals surface area contributed by atoms with Gasteiger partial charge in [-0.1, -0.05) is 119 Å². The van der Waals surface area contributed by atoms with Crippen molar-refractivity contribution in [3.63, 3.8) is 0 Å². The lowest BCUT2D eigenvalue weighted by atomic mass is 10.0. The SMILES string of the molecule is CCCCCC[Si]1(CCCCCC)c2cc(C)ccc2-c2ccc(-c3ccc(-c4ccc(-c5ccc(C)s5)c5nc(-c6ccc(F)cc6)c(-c6ccc(F)cc6)nc45)s3)cc21. The van der Waals surface area contributed by atoms with Crippen LogP contribution in [0, 0.1) is 25.5 Å². The molecule has 308 valence electrons. The number of aryl methyl sites for hydroxylation is 2. The van der Waals surface area contributed by atoms with Crippen molar-refractivity contribution in [1.29, 1.82) is 0 Å². The summed E-state index contributed by atoms with van der Waals surface area (Å²) in [6, 6.07) is 43.2. The van der Waals surface area contributed by atoms with E-state index >= 15 is 0 Å². The molecule has 5 aromatic carbocycles. The second kappa shape index (κ2) is 17.7. The zero-order valence-electron chi connectivity index (χ0n) is 35.6. The maximum Gasteiger partial charge on any atom is 0.123 e. The van der Waals surface area contributed by atoms with E-state index in [4.69, 9.17) is 9.97 Å². The molecule has 0 radical (unpaired) electrons. The van der Waals surface area contributed by atoms with E-state index in [1.54, 1.807) is 57.3 Å². The van der Waals surface area contributed by atoms with Gasteiger partial charge in [0.05, 0.1) is 22.4 Å². The lowest BCUT2D eigenvalue weighted by Crippen LogP contribution is -2.55. The van der Waals surface area contributed by atoms with Crippen molar-refractivity contribution in [1.82, 2.24) is 9.97 Å². The molecular formula is C54H52F2N2S2Si. The minimum atomic E-state index is -2.04.